The first kappa shape index (κ1) is 18.9. The van der Waals surface area contributed by atoms with Crippen LogP contribution in [0, 0.1) is 12.3 Å². The van der Waals surface area contributed by atoms with E-state index in [-0.39, 0.29) is 28.9 Å². The molecule has 0 aromatic heterocycles. The number of carbonyl (C=O) groups is 1. The van der Waals surface area contributed by atoms with E-state index in [0.717, 1.165) is 24.8 Å². The maximum atomic E-state index is 12.5. The molecule has 0 aliphatic carbocycles. The Kier molecular flexibility index (Phi) is 5.71. The minimum absolute atomic E-state index is 0.0330. The molecule has 0 radical (unpaired) electrons. The van der Waals surface area contributed by atoms with Crippen molar-refractivity contribution >= 4 is 16.0 Å². The Balaban J connectivity index is 1.97. The van der Waals surface area contributed by atoms with Crippen molar-refractivity contribution in [2.75, 3.05) is 13.7 Å². The zero-order chi connectivity index (χ0) is 18.0. The number of amides is 1. The van der Waals surface area contributed by atoms with Gasteiger partial charge in [0.15, 0.2) is 0 Å². The van der Waals surface area contributed by atoms with Crippen LogP contribution in [0.4, 0.5) is 0 Å². The summed E-state index contributed by atoms with van der Waals surface area (Å²) in [6, 6.07) is 6.63. The van der Waals surface area contributed by atoms with Gasteiger partial charge in [-0.25, -0.2) is 0 Å². The van der Waals surface area contributed by atoms with Crippen LogP contribution in [0.2, 0.25) is 0 Å². The number of hydrogen-bond donors (Lipinski definition) is 0. The summed E-state index contributed by atoms with van der Waals surface area (Å²) in [5.74, 6) is 0.166. The SMILES string of the molecule is CCC1(CC)CC(CCOS(=O)(=O)c2ccc(C)cc2)N(C)C1=O. The van der Waals surface area contributed by atoms with E-state index >= 15 is 0 Å². The topological polar surface area (TPSA) is 63.7 Å². The summed E-state index contributed by atoms with van der Waals surface area (Å²) in [5, 5.41) is 0. The van der Waals surface area contributed by atoms with Gasteiger partial charge in [0.1, 0.15) is 0 Å². The van der Waals surface area contributed by atoms with Crippen LogP contribution in [0.25, 0.3) is 0 Å². The second-order valence-corrected chi connectivity index (χ2v) is 8.25. The average Bonchev–Trinajstić information content (AvgIpc) is 2.80. The first-order valence-electron chi connectivity index (χ1n) is 8.49. The van der Waals surface area contributed by atoms with Crippen molar-refractivity contribution in [1.29, 1.82) is 0 Å². The molecule has 134 valence electrons. The van der Waals surface area contributed by atoms with E-state index in [9.17, 15) is 13.2 Å². The van der Waals surface area contributed by atoms with Crippen molar-refractivity contribution in [3.05, 3.63) is 29.8 Å². The molecule has 1 unspecified atom stereocenters. The van der Waals surface area contributed by atoms with Crippen molar-refractivity contribution < 1.29 is 17.4 Å². The molecule has 1 saturated heterocycles. The van der Waals surface area contributed by atoms with Gasteiger partial charge < -0.3 is 4.90 Å². The number of nitrogens with zero attached hydrogens (tertiary/aromatic N) is 1. The van der Waals surface area contributed by atoms with Crippen LogP contribution in [-0.4, -0.2) is 38.9 Å². The summed E-state index contributed by atoms with van der Waals surface area (Å²) >= 11 is 0. The standard InChI is InChI=1S/C18H27NO4S/c1-5-18(6-2)13-15(19(4)17(18)20)11-12-23-24(21,22)16-9-7-14(3)8-10-16/h7-10,15H,5-6,11-13H2,1-4H3. The third kappa shape index (κ3) is 3.64. The number of aryl methyl sites for hydroxylation is 1. The molecule has 24 heavy (non-hydrogen) atoms. The van der Waals surface area contributed by atoms with Gasteiger partial charge >= 0.3 is 0 Å². The molecule has 1 aromatic carbocycles. The Labute approximate surface area is 145 Å². The molecule has 1 amide bonds. The van der Waals surface area contributed by atoms with Gasteiger partial charge in [0, 0.05) is 13.1 Å². The van der Waals surface area contributed by atoms with E-state index in [1.54, 1.807) is 36.2 Å². The lowest BCUT2D eigenvalue weighted by atomic mass is 9.79. The van der Waals surface area contributed by atoms with Crippen LogP contribution >= 0.6 is 0 Å². The summed E-state index contributed by atoms with van der Waals surface area (Å²) in [5.41, 5.74) is 0.699. The molecule has 1 heterocycles. The van der Waals surface area contributed by atoms with Gasteiger partial charge in [-0.3, -0.25) is 8.98 Å². The van der Waals surface area contributed by atoms with E-state index in [0.29, 0.717) is 6.42 Å². The van der Waals surface area contributed by atoms with Crippen LogP contribution in [0.3, 0.4) is 0 Å². The quantitative estimate of drug-likeness (QED) is 0.707. The predicted octanol–water partition coefficient (Wildman–Crippen LogP) is 3.13. The summed E-state index contributed by atoms with van der Waals surface area (Å²) < 4.78 is 29.6. The largest absolute Gasteiger partial charge is 0.342 e. The van der Waals surface area contributed by atoms with Gasteiger partial charge in [-0.15, -0.1) is 0 Å². The molecule has 1 aliphatic rings. The molecule has 0 N–H and O–H groups in total. The third-order valence-electron chi connectivity index (χ3n) is 5.30. The van der Waals surface area contributed by atoms with Crippen molar-refractivity contribution in [1.82, 2.24) is 4.90 Å². The van der Waals surface area contributed by atoms with Gasteiger partial charge in [-0.05, 0) is 44.7 Å². The second-order valence-electron chi connectivity index (χ2n) is 6.64. The molecule has 1 aromatic rings. The van der Waals surface area contributed by atoms with Gasteiger partial charge in [-0.1, -0.05) is 31.5 Å². The van der Waals surface area contributed by atoms with Crippen molar-refractivity contribution in [3.8, 4) is 0 Å². The highest BCUT2D eigenvalue weighted by molar-refractivity contribution is 7.86. The number of benzene rings is 1. The highest BCUT2D eigenvalue weighted by Crippen LogP contribution is 2.42. The van der Waals surface area contributed by atoms with Crippen LogP contribution < -0.4 is 0 Å². The van der Waals surface area contributed by atoms with Gasteiger partial charge in [0.05, 0.1) is 16.9 Å². The van der Waals surface area contributed by atoms with Crippen LogP contribution in [0.15, 0.2) is 29.2 Å². The average molecular weight is 353 g/mol. The summed E-state index contributed by atoms with van der Waals surface area (Å²) in [7, 11) is -1.94. The Hall–Kier alpha value is -1.40. The monoisotopic (exact) mass is 353 g/mol. The maximum Gasteiger partial charge on any atom is 0.296 e. The maximum absolute atomic E-state index is 12.5. The molecular formula is C18H27NO4S. The molecule has 0 saturated carbocycles. The van der Waals surface area contributed by atoms with Crippen LogP contribution in [-0.2, 0) is 19.1 Å². The number of hydrogen-bond acceptors (Lipinski definition) is 4. The van der Waals surface area contributed by atoms with E-state index in [1.807, 2.05) is 20.8 Å². The molecule has 0 bridgehead atoms. The Morgan fingerprint density at radius 1 is 1.21 bits per heavy atom. The number of carbonyl (C=O) groups excluding carboxylic acids is 1. The molecular weight excluding hydrogens is 326 g/mol. The van der Waals surface area contributed by atoms with Crippen molar-refractivity contribution in [3.63, 3.8) is 0 Å². The van der Waals surface area contributed by atoms with Gasteiger partial charge in [0.2, 0.25) is 5.91 Å². The molecule has 1 fully saturated rings. The molecule has 5 nitrogen and oxygen atoms in total. The lowest BCUT2D eigenvalue weighted by molar-refractivity contribution is -0.136. The smallest absolute Gasteiger partial charge is 0.296 e. The molecule has 1 atom stereocenters. The zero-order valence-electron chi connectivity index (χ0n) is 14.9. The van der Waals surface area contributed by atoms with Crippen molar-refractivity contribution in [2.24, 2.45) is 5.41 Å². The van der Waals surface area contributed by atoms with E-state index in [2.05, 4.69) is 0 Å². The second kappa shape index (κ2) is 7.23. The minimum atomic E-state index is -3.74. The Morgan fingerprint density at radius 2 is 1.79 bits per heavy atom. The fourth-order valence-electron chi connectivity index (χ4n) is 3.42. The van der Waals surface area contributed by atoms with Crippen LogP contribution in [0.1, 0.15) is 45.1 Å². The highest BCUT2D eigenvalue weighted by atomic mass is 32.2. The summed E-state index contributed by atoms with van der Waals surface area (Å²) in [6.07, 6.45) is 2.91. The third-order valence-corrected chi connectivity index (χ3v) is 6.63. The molecule has 2 rings (SSSR count). The van der Waals surface area contributed by atoms with Gasteiger partial charge in [-0.2, -0.15) is 8.42 Å². The fourth-order valence-corrected chi connectivity index (χ4v) is 4.34. The Bertz CT molecular complexity index is 677. The Morgan fingerprint density at radius 3 is 2.29 bits per heavy atom. The first-order valence-corrected chi connectivity index (χ1v) is 9.90. The number of rotatable bonds is 7. The molecule has 1 aliphatic heterocycles. The molecule has 6 heteroatoms. The fraction of sp³-hybridized carbons (Fsp3) is 0.611. The summed E-state index contributed by atoms with van der Waals surface area (Å²) in [6.45, 7) is 6.06. The zero-order valence-corrected chi connectivity index (χ0v) is 15.7. The molecule has 0 spiro atoms. The highest BCUT2D eigenvalue weighted by Gasteiger charge is 2.47. The predicted molar refractivity (Wildman–Crippen MR) is 93.1 cm³/mol. The lowest BCUT2D eigenvalue weighted by Gasteiger charge is -2.23. The van der Waals surface area contributed by atoms with Gasteiger partial charge in [0.25, 0.3) is 10.1 Å². The number of likely N-dealkylation sites (tertiary alicyclic amines) is 1. The summed E-state index contributed by atoms with van der Waals surface area (Å²) in [4.78, 5) is 14.4. The normalized spacial score (nSPS) is 20.6. The van der Waals surface area contributed by atoms with Crippen molar-refractivity contribution in [2.45, 2.75) is 57.4 Å². The van der Waals surface area contributed by atoms with Crippen LogP contribution in [0.5, 0.6) is 0 Å². The van der Waals surface area contributed by atoms with E-state index < -0.39 is 10.1 Å². The van der Waals surface area contributed by atoms with E-state index in [1.165, 1.54) is 0 Å². The lowest BCUT2D eigenvalue weighted by Crippen LogP contribution is -2.33. The minimum Gasteiger partial charge on any atom is -0.342 e. The van der Waals surface area contributed by atoms with E-state index in [4.69, 9.17) is 4.18 Å². The first-order chi connectivity index (χ1) is 11.3.